The number of fused-ring (bicyclic) bond motifs is 2. The average molecular weight is 383 g/mol. The van der Waals surface area contributed by atoms with Crippen LogP contribution >= 0.6 is 0 Å². The van der Waals surface area contributed by atoms with Gasteiger partial charge < -0.3 is 28.9 Å². The highest BCUT2D eigenvalue weighted by atomic mass is 16.7. The van der Waals surface area contributed by atoms with Gasteiger partial charge in [-0.2, -0.15) is 0 Å². The number of carbonyl (C=O) groups excluding carboxylic acids is 1. The van der Waals surface area contributed by atoms with Gasteiger partial charge in [-0.15, -0.1) is 0 Å². The molecule has 2 aromatic rings. The van der Waals surface area contributed by atoms with E-state index in [-0.39, 0.29) is 29.6 Å². The maximum absolute atomic E-state index is 12.8. The number of nitrogens with zero attached hydrogens (tertiary/aromatic N) is 1. The Morgan fingerprint density at radius 2 is 1.64 bits per heavy atom. The number of carbonyl (C=O) groups is 1. The van der Waals surface area contributed by atoms with Crippen molar-refractivity contribution >= 4 is 17.1 Å². The van der Waals surface area contributed by atoms with Crippen LogP contribution in [0.5, 0.6) is 28.7 Å². The fourth-order valence-corrected chi connectivity index (χ4v) is 3.25. The van der Waals surface area contributed by atoms with Crippen molar-refractivity contribution in [2.75, 3.05) is 28.1 Å². The summed E-state index contributed by atoms with van der Waals surface area (Å²) in [6, 6.07) is 6.33. The second-order valence-corrected chi connectivity index (χ2v) is 6.02. The van der Waals surface area contributed by atoms with Gasteiger partial charge in [-0.1, -0.05) is 5.16 Å². The molecule has 0 saturated heterocycles. The van der Waals surface area contributed by atoms with Gasteiger partial charge in [0.2, 0.25) is 6.79 Å². The zero-order valence-corrected chi connectivity index (χ0v) is 15.4. The number of aromatic hydroxyl groups is 1. The van der Waals surface area contributed by atoms with Gasteiger partial charge in [-0.3, -0.25) is 4.79 Å². The van der Waals surface area contributed by atoms with Crippen LogP contribution in [0, 0.1) is 0 Å². The SMILES string of the molecule is CON=C1C(c2cc3c(cc2OC)OCO3)=CC(=O)c2cc(O)c(OC)cc21. The molecule has 0 radical (unpaired) electrons. The highest BCUT2D eigenvalue weighted by molar-refractivity contribution is 6.41. The van der Waals surface area contributed by atoms with E-state index >= 15 is 0 Å². The van der Waals surface area contributed by atoms with E-state index in [1.165, 1.54) is 33.5 Å². The van der Waals surface area contributed by atoms with Crippen LogP contribution in [0.25, 0.3) is 5.57 Å². The molecule has 8 heteroatoms. The van der Waals surface area contributed by atoms with Gasteiger partial charge in [0.25, 0.3) is 0 Å². The summed E-state index contributed by atoms with van der Waals surface area (Å²) in [4.78, 5) is 17.8. The molecule has 0 fully saturated rings. The van der Waals surface area contributed by atoms with E-state index in [9.17, 15) is 9.90 Å². The Labute approximate surface area is 160 Å². The Bertz CT molecular complexity index is 1040. The lowest BCUT2D eigenvalue weighted by Crippen LogP contribution is -2.18. The molecule has 0 bridgehead atoms. The number of ketones is 1. The summed E-state index contributed by atoms with van der Waals surface area (Å²) in [5.74, 6) is 1.37. The van der Waals surface area contributed by atoms with Crippen molar-refractivity contribution in [3.8, 4) is 28.7 Å². The Hall–Kier alpha value is -3.68. The van der Waals surface area contributed by atoms with E-state index in [1.807, 2.05) is 0 Å². The molecule has 28 heavy (non-hydrogen) atoms. The first-order valence-corrected chi connectivity index (χ1v) is 8.34. The minimum atomic E-state index is -0.294. The molecule has 1 heterocycles. The third-order valence-electron chi connectivity index (χ3n) is 4.54. The van der Waals surface area contributed by atoms with E-state index in [2.05, 4.69) is 5.16 Å². The summed E-state index contributed by atoms with van der Waals surface area (Å²) < 4.78 is 21.5. The van der Waals surface area contributed by atoms with Crippen LogP contribution in [-0.2, 0) is 4.84 Å². The normalized spacial score (nSPS) is 15.9. The number of oxime groups is 1. The quantitative estimate of drug-likeness (QED) is 0.811. The van der Waals surface area contributed by atoms with Crippen molar-refractivity contribution in [1.29, 1.82) is 0 Å². The number of methoxy groups -OCH3 is 2. The average Bonchev–Trinajstić information content (AvgIpc) is 3.16. The molecule has 2 aliphatic rings. The van der Waals surface area contributed by atoms with E-state index < -0.39 is 0 Å². The monoisotopic (exact) mass is 383 g/mol. The summed E-state index contributed by atoms with van der Waals surface area (Å²) in [5, 5.41) is 14.2. The summed E-state index contributed by atoms with van der Waals surface area (Å²) in [7, 11) is 4.36. The maximum atomic E-state index is 12.8. The summed E-state index contributed by atoms with van der Waals surface area (Å²) >= 11 is 0. The number of rotatable bonds is 4. The number of hydrogen-bond donors (Lipinski definition) is 1. The number of benzene rings is 2. The molecule has 0 saturated carbocycles. The van der Waals surface area contributed by atoms with E-state index in [0.717, 1.165) is 0 Å². The van der Waals surface area contributed by atoms with Gasteiger partial charge >= 0.3 is 0 Å². The van der Waals surface area contributed by atoms with Crippen LogP contribution < -0.4 is 18.9 Å². The topological polar surface area (TPSA) is 95.8 Å². The van der Waals surface area contributed by atoms with Crippen LogP contribution in [0.1, 0.15) is 21.5 Å². The summed E-state index contributed by atoms with van der Waals surface area (Å²) in [6.45, 7) is 0.109. The van der Waals surface area contributed by atoms with Crippen LogP contribution in [0.15, 0.2) is 35.5 Å². The first-order chi connectivity index (χ1) is 13.6. The highest BCUT2D eigenvalue weighted by Gasteiger charge is 2.30. The number of phenols is 1. The molecule has 0 unspecified atom stereocenters. The molecule has 0 aromatic heterocycles. The standard InChI is InChI=1S/C20H17NO7/c1-24-16-8-19-18(27-9-28-19)6-11(16)12-5-14(22)10-4-15(23)17(25-2)7-13(10)20(12)21-26-3/h4-8,23H,9H2,1-3H3. The zero-order valence-electron chi connectivity index (χ0n) is 15.4. The van der Waals surface area contributed by atoms with Crippen LogP contribution in [-0.4, -0.2) is 44.7 Å². The lowest BCUT2D eigenvalue weighted by atomic mass is 9.85. The molecule has 0 atom stereocenters. The van der Waals surface area contributed by atoms with Crippen LogP contribution in [0.4, 0.5) is 0 Å². The minimum absolute atomic E-state index is 0.109. The maximum Gasteiger partial charge on any atom is 0.231 e. The predicted molar refractivity (Wildman–Crippen MR) is 99.6 cm³/mol. The third kappa shape index (κ3) is 2.70. The molecule has 1 N–H and O–H groups in total. The van der Waals surface area contributed by atoms with Gasteiger partial charge in [0, 0.05) is 28.3 Å². The number of hydrogen-bond acceptors (Lipinski definition) is 8. The first kappa shape index (κ1) is 17.7. The molecule has 0 spiro atoms. The molecule has 4 rings (SSSR count). The van der Waals surface area contributed by atoms with Crippen molar-refractivity contribution in [3.63, 3.8) is 0 Å². The van der Waals surface area contributed by atoms with Gasteiger partial charge in [0.1, 0.15) is 18.6 Å². The van der Waals surface area contributed by atoms with E-state index in [0.29, 0.717) is 39.7 Å². The molecule has 2 aromatic carbocycles. The van der Waals surface area contributed by atoms with E-state index in [4.69, 9.17) is 23.8 Å². The third-order valence-corrected chi connectivity index (χ3v) is 4.54. The Kier molecular flexibility index (Phi) is 4.31. The van der Waals surface area contributed by atoms with E-state index in [1.54, 1.807) is 18.2 Å². The summed E-state index contributed by atoms with van der Waals surface area (Å²) in [5.41, 5.74) is 2.24. The fraction of sp³-hybridized carbons (Fsp3) is 0.200. The Balaban J connectivity index is 1.94. The lowest BCUT2D eigenvalue weighted by Gasteiger charge is -2.21. The van der Waals surface area contributed by atoms with Crippen molar-refractivity contribution in [1.82, 2.24) is 0 Å². The molecule has 8 nitrogen and oxygen atoms in total. The van der Waals surface area contributed by atoms with Gasteiger partial charge in [0.15, 0.2) is 28.8 Å². The molecular weight excluding hydrogens is 366 g/mol. The van der Waals surface area contributed by atoms with Crippen molar-refractivity contribution in [3.05, 3.63) is 47.0 Å². The van der Waals surface area contributed by atoms with Crippen molar-refractivity contribution < 1.29 is 33.7 Å². The van der Waals surface area contributed by atoms with Crippen molar-refractivity contribution in [2.24, 2.45) is 5.16 Å². The second-order valence-electron chi connectivity index (χ2n) is 6.02. The first-order valence-electron chi connectivity index (χ1n) is 8.34. The molecule has 0 amide bonds. The van der Waals surface area contributed by atoms with Gasteiger partial charge in [0.05, 0.1) is 14.2 Å². The molecule has 144 valence electrons. The minimum Gasteiger partial charge on any atom is -0.504 e. The highest BCUT2D eigenvalue weighted by Crippen LogP contribution is 2.43. The molecule has 1 aliphatic heterocycles. The van der Waals surface area contributed by atoms with Crippen LogP contribution in [0.2, 0.25) is 0 Å². The largest absolute Gasteiger partial charge is 0.504 e. The predicted octanol–water partition coefficient (Wildman–Crippen LogP) is 2.77. The summed E-state index contributed by atoms with van der Waals surface area (Å²) in [6.07, 6.45) is 1.42. The Morgan fingerprint density at radius 1 is 0.929 bits per heavy atom. The van der Waals surface area contributed by atoms with Crippen molar-refractivity contribution in [2.45, 2.75) is 0 Å². The van der Waals surface area contributed by atoms with Gasteiger partial charge in [-0.05, 0) is 24.3 Å². The van der Waals surface area contributed by atoms with Crippen LogP contribution in [0.3, 0.4) is 0 Å². The van der Waals surface area contributed by atoms with Gasteiger partial charge in [-0.25, -0.2) is 0 Å². The number of ether oxygens (including phenoxy) is 4. The molecule has 1 aliphatic carbocycles. The number of allylic oxidation sites excluding steroid dienone is 2. The lowest BCUT2D eigenvalue weighted by molar-refractivity contribution is 0.104. The zero-order chi connectivity index (χ0) is 19.8. The molecular formula is C20H17NO7. The number of phenolic OH excluding ortho intramolecular Hbond substituents is 1. The fourth-order valence-electron chi connectivity index (χ4n) is 3.25. The smallest absolute Gasteiger partial charge is 0.231 e. The second kappa shape index (κ2) is 6.80. The Morgan fingerprint density at radius 3 is 2.32 bits per heavy atom.